The molecule has 0 atom stereocenters. The highest BCUT2D eigenvalue weighted by molar-refractivity contribution is 9.10. The molecule has 0 aliphatic carbocycles. The molecular weight excluding hydrogens is 548 g/mol. The van der Waals surface area contributed by atoms with Gasteiger partial charge in [0.15, 0.2) is 0 Å². The van der Waals surface area contributed by atoms with Crippen molar-refractivity contribution >= 4 is 39.7 Å². The summed E-state index contributed by atoms with van der Waals surface area (Å²) in [6.07, 6.45) is 1.53. The quantitative estimate of drug-likeness (QED) is 0.174. The first-order valence-corrected chi connectivity index (χ1v) is 12.2. The van der Waals surface area contributed by atoms with Gasteiger partial charge >= 0.3 is 5.97 Å². The normalized spacial score (nSPS) is 11.2. The fourth-order valence-corrected chi connectivity index (χ4v) is 4.02. The molecule has 0 saturated carbocycles. The molecule has 0 amide bonds. The van der Waals surface area contributed by atoms with Crippen LogP contribution in [0.3, 0.4) is 0 Å². The van der Waals surface area contributed by atoms with Crippen molar-refractivity contribution in [3.05, 3.63) is 87.2 Å². The number of halogens is 1. The van der Waals surface area contributed by atoms with Crippen molar-refractivity contribution in [1.82, 2.24) is 10.2 Å². The van der Waals surface area contributed by atoms with Gasteiger partial charge in [0.25, 0.3) is 5.22 Å². The summed E-state index contributed by atoms with van der Waals surface area (Å²) in [4.78, 5) is 11.9. The highest BCUT2D eigenvalue weighted by atomic mass is 79.9. The molecule has 4 rings (SSSR count). The van der Waals surface area contributed by atoms with Crippen LogP contribution in [-0.2, 0) is 11.4 Å². The van der Waals surface area contributed by atoms with Crippen LogP contribution in [0.2, 0.25) is 0 Å². The van der Waals surface area contributed by atoms with Crippen LogP contribution in [0.4, 0.5) is 0 Å². The predicted octanol–water partition coefficient (Wildman–Crippen LogP) is 6.31. The van der Waals surface area contributed by atoms with Crippen molar-refractivity contribution in [3.63, 3.8) is 0 Å². The zero-order valence-electron chi connectivity index (χ0n) is 19.3. The van der Waals surface area contributed by atoms with Crippen LogP contribution in [-0.4, -0.2) is 35.5 Å². The number of carbonyl (C=O) groups is 1. The predicted molar refractivity (Wildman–Crippen MR) is 139 cm³/mol. The lowest BCUT2D eigenvalue weighted by Gasteiger charge is -2.07. The third kappa shape index (κ3) is 6.67. The first kappa shape index (κ1) is 25.3. The lowest BCUT2D eigenvalue weighted by Crippen LogP contribution is -1.97. The lowest BCUT2D eigenvalue weighted by molar-refractivity contribution is -0.131. The third-order valence-corrected chi connectivity index (χ3v) is 6.29. The summed E-state index contributed by atoms with van der Waals surface area (Å²) in [6, 6.07) is 20.2. The number of rotatable bonds is 10. The molecule has 0 aliphatic rings. The summed E-state index contributed by atoms with van der Waals surface area (Å²) >= 11 is 4.27. The molecular formula is C26H21BrN2O6S. The van der Waals surface area contributed by atoms with Gasteiger partial charge in [0, 0.05) is 16.1 Å². The molecule has 0 bridgehead atoms. The Kier molecular flexibility index (Phi) is 8.29. The van der Waals surface area contributed by atoms with E-state index in [0.717, 1.165) is 21.8 Å². The number of thioether (sulfide) groups is 1. The van der Waals surface area contributed by atoms with Crippen molar-refractivity contribution in [1.29, 1.82) is 0 Å². The fraction of sp³-hybridized carbons (Fsp3) is 0.115. The molecule has 0 spiro atoms. The number of aliphatic carboxylic acids is 1. The van der Waals surface area contributed by atoms with Gasteiger partial charge in [-0.3, -0.25) is 0 Å². The minimum atomic E-state index is -1.11. The number of nitrogens with zero attached hydrogens (tertiary/aromatic N) is 2. The lowest BCUT2D eigenvalue weighted by atomic mass is 10.2. The average Bonchev–Trinajstić information content (AvgIpc) is 3.37. The maximum Gasteiger partial charge on any atom is 0.342 e. The van der Waals surface area contributed by atoms with E-state index in [-0.39, 0.29) is 16.0 Å². The monoisotopic (exact) mass is 568 g/mol. The molecule has 0 radical (unpaired) electrons. The van der Waals surface area contributed by atoms with Crippen LogP contribution in [0, 0.1) is 0 Å². The van der Waals surface area contributed by atoms with E-state index < -0.39 is 5.97 Å². The smallest absolute Gasteiger partial charge is 0.342 e. The van der Waals surface area contributed by atoms with Gasteiger partial charge in [0.05, 0.1) is 14.2 Å². The first-order chi connectivity index (χ1) is 17.4. The van der Waals surface area contributed by atoms with Crippen molar-refractivity contribution < 1.29 is 28.5 Å². The minimum absolute atomic E-state index is 0.0250. The highest BCUT2D eigenvalue weighted by Crippen LogP contribution is 2.33. The van der Waals surface area contributed by atoms with Crippen molar-refractivity contribution in [2.75, 3.05) is 14.2 Å². The van der Waals surface area contributed by atoms with E-state index in [1.807, 2.05) is 24.3 Å². The van der Waals surface area contributed by atoms with Crippen LogP contribution < -0.4 is 14.2 Å². The third-order valence-electron chi connectivity index (χ3n) is 4.91. The van der Waals surface area contributed by atoms with Crippen molar-refractivity contribution in [3.8, 4) is 28.7 Å². The Morgan fingerprint density at radius 1 is 0.972 bits per heavy atom. The van der Waals surface area contributed by atoms with E-state index >= 15 is 0 Å². The van der Waals surface area contributed by atoms with Gasteiger partial charge in [0.1, 0.15) is 28.8 Å². The van der Waals surface area contributed by atoms with Crippen LogP contribution in [0.15, 0.2) is 85.7 Å². The number of aromatic nitrogens is 2. The van der Waals surface area contributed by atoms with E-state index in [2.05, 4.69) is 26.1 Å². The minimum Gasteiger partial charge on any atom is -0.497 e. The highest BCUT2D eigenvalue weighted by Gasteiger charge is 2.17. The van der Waals surface area contributed by atoms with E-state index in [4.69, 9.17) is 18.6 Å². The number of carboxylic acid groups (broad SMARTS) is 1. The number of carboxylic acids is 1. The molecule has 0 saturated heterocycles. The van der Waals surface area contributed by atoms with Crippen LogP contribution >= 0.6 is 27.7 Å². The molecule has 1 heterocycles. The summed E-state index contributed by atoms with van der Waals surface area (Å²) < 4.78 is 23.0. The topological polar surface area (TPSA) is 104 Å². The van der Waals surface area contributed by atoms with Crippen LogP contribution in [0.5, 0.6) is 17.2 Å². The Balaban J connectivity index is 1.45. The van der Waals surface area contributed by atoms with Gasteiger partial charge in [-0.25, -0.2) is 4.79 Å². The standard InChI is InChI=1S/C26H21BrN2O6S/c1-32-21-12-18(13-22(14-21)33-2)24-28-29-26(35-24)36-23(25(30)31)11-16-5-9-20(10-6-16)34-15-17-3-7-19(27)8-4-17/h3-14H,15H2,1-2H3,(H,30,31)/b23-11-. The Morgan fingerprint density at radius 2 is 1.64 bits per heavy atom. The van der Waals surface area contributed by atoms with Crippen LogP contribution in [0.25, 0.3) is 17.5 Å². The molecule has 10 heteroatoms. The molecule has 0 aliphatic heterocycles. The molecule has 4 aromatic rings. The Hall–Kier alpha value is -3.76. The van der Waals surface area contributed by atoms with E-state index in [9.17, 15) is 9.90 Å². The molecule has 8 nitrogen and oxygen atoms in total. The summed E-state index contributed by atoms with van der Waals surface area (Å²) in [6.45, 7) is 0.428. The van der Waals surface area contributed by atoms with Gasteiger partial charge in [-0.1, -0.05) is 40.2 Å². The molecule has 1 N–H and O–H groups in total. The van der Waals surface area contributed by atoms with E-state index in [1.54, 1.807) is 56.7 Å². The number of benzene rings is 3. The van der Waals surface area contributed by atoms with Gasteiger partial charge in [-0.2, -0.15) is 0 Å². The number of ether oxygens (including phenoxy) is 3. The van der Waals surface area contributed by atoms with Gasteiger partial charge in [0.2, 0.25) is 5.89 Å². The zero-order chi connectivity index (χ0) is 25.5. The Morgan fingerprint density at radius 3 is 2.25 bits per heavy atom. The Bertz CT molecular complexity index is 1350. The summed E-state index contributed by atoms with van der Waals surface area (Å²) in [7, 11) is 3.08. The number of methoxy groups -OCH3 is 2. The molecule has 3 aromatic carbocycles. The summed E-state index contributed by atoms with van der Waals surface area (Å²) in [5.41, 5.74) is 2.32. The van der Waals surface area contributed by atoms with Gasteiger partial charge < -0.3 is 23.7 Å². The summed E-state index contributed by atoms with van der Waals surface area (Å²) in [5.74, 6) is 0.902. The molecule has 184 valence electrons. The molecule has 0 fully saturated rings. The molecule has 36 heavy (non-hydrogen) atoms. The summed E-state index contributed by atoms with van der Waals surface area (Å²) in [5, 5.41) is 17.8. The average molecular weight is 569 g/mol. The first-order valence-electron chi connectivity index (χ1n) is 10.6. The maximum atomic E-state index is 11.9. The Labute approximate surface area is 220 Å². The second kappa shape index (κ2) is 11.8. The number of hydrogen-bond acceptors (Lipinski definition) is 8. The largest absolute Gasteiger partial charge is 0.497 e. The van der Waals surface area contributed by atoms with Gasteiger partial charge in [-0.05, 0) is 65.4 Å². The van der Waals surface area contributed by atoms with E-state index in [0.29, 0.717) is 35.0 Å². The zero-order valence-corrected chi connectivity index (χ0v) is 21.7. The number of hydrogen-bond donors (Lipinski definition) is 1. The van der Waals surface area contributed by atoms with Crippen molar-refractivity contribution in [2.45, 2.75) is 11.8 Å². The second-order valence-corrected chi connectivity index (χ2v) is 9.28. The van der Waals surface area contributed by atoms with Gasteiger partial charge in [-0.15, -0.1) is 10.2 Å². The van der Waals surface area contributed by atoms with E-state index in [1.165, 1.54) is 6.08 Å². The maximum absolute atomic E-state index is 11.9. The second-order valence-electron chi connectivity index (χ2n) is 7.37. The molecule has 0 unspecified atom stereocenters. The molecule has 1 aromatic heterocycles. The fourth-order valence-electron chi connectivity index (χ4n) is 3.09. The SMILES string of the molecule is COc1cc(OC)cc(-c2nnc(S/C(=C\c3ccc(OCc4ccc(Br)cc4)cc3)C(=O)O)o2)c1. The van der Waals surface area contributed by atoms with Crippen LogP contribution in [0.1, 0.15) is 11.1 Å². The van der Waals surface area contributed by atoms with Crippen molar-refractivity contribution in [2.24, 2.45) is 0 Å².